The maximum Gasteiger partial charge on any atom is 0.327 e. The number of benzene rings is 1. The second-order valence-electron chi connectivity index (χ2n) is 4.42. The topological polar surface area (TPSA) is 83.7 Å². The second kappa shape index (κ2) is 6.25. The molecule has 1 N–H and O–H groups in total. The number of thioether (sulfide) groups is 1. The van der Waals surface area contributed by atoms with E-state index in [9.17, 15) is 28.8 Å². The molecule has 21 heavy (non-hydrogen) atoms. The van der Waals surface area contributed by atoms with E-state index in [2.05, 4.69) is 0 Å². The van der Waals surface area contributed by atoms with Crippen molar-refractivity contribution in [3.8, 4) is 0 Å². The Hall–Kier alpha value is -1.90. The van der Waals surface area contributed by atoms with Gasteiger partial charge < -0.3 is 10.0 Å². The third-order valence-electron chi connectivity index (χ3n) is 3.18. The number of hydrogen-bond acceptors (Lipinski definition) is 5. The van der Waals surface area contributed by atoms with Crippen LogP contribution in [0.3, 0.4) is 0 Å². The Balaban J connectivity index is 2.46. The molecule has 1 saturated heterocycles. The normalized spacial score (nSPS) is 18.8. The molecule has 114 valence electrons. The van der Waals surface area contributed by atoms with Crippen LogP contribution in [0.5, 0.6) is 0 Å². The van der Waals surface area contributed by atoms with E-state index in [0.717, 1.165) is 12.1 Å². The lowest BCUT2D eigenvalue weighted by molar-refractivity contribution is -0.385. The summed E-state index contributed by atoms with van der Waals surface area (Å²) in [6.07, 6.45) is -2.91. The molecule has 0 saturated carbocycles. The number of rotatable bonds is 4. The van der Waals surface area contributed by atoms with Crippen molar-refractivity contribution in [2.45, 2.75) is 12.5 Å². The largest absolute Gasteiger partial charge is 0.480 e. The fourth-order valence-corrected chi connectivity index (χ4v) is 3.23. The number of aliphatic carboxylic acids is 1. The van der Waals surface area contributed by atoms with Gasteiger partial charge in [0, 0.05) is 41.4 Å². The summed E-state index contributed by atoms with van der Waals surface area (Å²) in [4.78, 5) is 22.6. The molecule has 1 fully saturated rings. The Morgan fingerprint density at radius 3 is 2.81 bits per heavy atom. The summed E-state index contributed by atoms with van der Waals surface area (Å²) in [6, 6.07) is 2.20. The number of carboxylic acid groups (broad SMARTS) is 1. The maximum absolute atomic E-state index is 13.2. The zero-order valence-electron chi connectivity index (χ0n) is 10.7. The number of anilines is 1. The lowest BCUT2D eigenvalue weighted by atomic mass is 10.1. The van der Waals surface area contributed by atoms with E-state index in [1.807, 2.05) is 0 Å². The van der Waals surface area contributed by atoms with Crippen LogP contribution in [-0.2, 0) is 4.79 Å². The minimum Gasteiger partial charge on any atom is -0.480 e. The molecule has 1 aliphatic rings. The third-order valence-corrected chi connectivity index (χ3v) is 4.20. The molecule has 6 nitrogen and oxygen atoms in total. The summed E-state index contributed by atoms with van der Waals surface area (Å²) in [5.74, 6) is -0.195. The highest BCUT2D eigenvalue weighted by atomic mass is 32.2. The Kier molecular flexibility index (Phi) is 4.61. The third kappa shape index (κ3) is 3.23. The van der Waals surface area contributed by atoms with Gasteiger partial charge in [0.25, 0.3) is 12.1 Å². The number of non-ortho nitro benzene ring substituents is 1. The summed E-state index contributed by atoms with van der Waals surface area (Å²) < 4.78 is 26.3. The molecule has 1 atom stereocenters. The molecule has 0 radical (unpaired) electrons. The van der Waals surface area contributed by atoms with Crippen LogP contribution >= 0.6 is 11.8 Å². The van der Waals surface area contributed by atoms with Gasteiger partial charge in [-0.2, -0.15) is 11.8 Å². The molecule has 9 heteroatoms. The van der Waals surface area contributed by atoms with E-state index in [1.165, 1.54) is 22.7 Å². The Labute approximate surface area is 122 Å². The molecule has 1 heterocycles. The highest BCUT2D eigenvalue weighted by Gasteiger charge is 2.32. The van der Waals surface area contributed by atoms with Crippen LogP contribution in [0.25, 0.3) is 0 Å². The lowest BCUT2D eigenvalue weighted by Gasteiger charge is -2.35. The van der Waals surface area contributed by atoms with Gasteiger partial charge in [0.05, 0.1) is 4.92 Å². The molecule has 0 aromatic heterocycles. The van der Waals surface area contributed by atoms with Crippen molar-refractivity contribution in [1.82, 2.24) is 0 Å². The van der Waals surface area contributed by atoms with Gasteiger partial charge >= 0.3 is 5.97 Å². The first-order chi connectivity index (χ1) is 9.91. The van der Waals surface area contributed by atoms with Crippen molar-refractivity contribution in [3.63, 3.8) is 0 Å². The van der Waals surface area contributed by atoms with Gasteiger partial charge in [-0.1, -0.05) is 0 Å². The number of carboxylic acids is 1. The molecule has 0 amide bonds. The number of halogens is 2. The van der Waals surface area contributed by atoms with Crippen LogP contribution in [0, 0.1) is 10.1 Å². The number of hydrogen-bond donors (Lipinski definition) is 1. The monoisotopic (exact) mass is 318 g/mol. The van der Waals surface area contributed by atoms with Gasteiger partial charge in [0.2, 0.25) is 0 Å². The van der Waals surface area contributed by atoms with Gasteiger partial charge in [-0.15, -0.1) is 0 Å². The van der Waals surface area contributed by atoms with E-state index >= 15 is 0 Å². The summed E-state index contributed by atoms with van der Waals surface area (Å²) >= 11 is 1.43. The van der Waals surface area contributed by atoms with Crippen LogP contribution in [-0.4, -0.2) is 40.1 Å². The molecule has 1 aliphatic heterocycles. The summed E-state index contributed by atoms with van der Waals surface area (Å²) in [5, 5.41) is 19.9. The average Bonchev–Trinajstić information content (AvgIpc) is 2.46. The molecule has 2 rings (SSSR count). The number of alkyl halides is 2. The van der Waals surface area contributed by atoms with E-state index in [-0.39, 0.29) is 11.4 Å². The summed E-state index contributed by atoms with van der Waals surface area (Å²) in [6.45, 7) is 0.305. The first-order valence-electron chi connectivity index (χ1n) is 6.05. The predicted octanol–water partition coefficient (Wildman–Crippen LogP) is 2.54. The number of nitro groups is 1. The van der Waals surface area contributed by atoms with Crippen molar-refractivity contribution in [2.24, 2.45) is 0 Å². The lowest BCUT2D eigenvalue weighted by Crippen LogP contribution is -2.47. The van der Waals surface area contributed by atoms with E-state index in [1.54, 1.807) is 0 Å². The fourth-order valence-electron chi connectivity index (χ4n) is 2.19. The van der Waals surface area contributed by atoms with Gasteiger partial charge in [0.15, 0.2) is 0 Å². The minimum absolute atomic E-state index is 0.0447. The molecular formula is C12H12F2N2O4S. The van der Waals surface area contributed by atoms with Crippen LogP contribution in [0.1, 0.15) is 12.0 Å². The van der Waals surface area contributed by atoms with Gasteiger partial charge in [-0.3, -0.25) is 10.1 Å². The Bertz CT molecular complexity index is 570. The van der Waals surface area contributed by atoms with E-state index in [0.29, 0.717) is 12.3 Å². The molecule has 0 bridgehead atoms. The maximum atomic E-state index is 13.2. The quantitative estimate of drug-likeness (QED) is 0.678. The Morgan fingerprint density at radius 2 is 2.24 bits per heavy atom. The predicted molar refractivity (Wildman–Crippen MR) is 74.1 cm³/mol. The van der Waals surface area contributed by atoms with Crippen LogP contribution < -0.4 is 4.90 Å². The zero-order chi connectivity index (χ0) is 15.6. The first-order valence-corrected chi connectivity index (χ1v) is 7.21. The number of carbonyl (C=O) groups is 1. The van der Waals surface area contributed by atoms with Crippen molar-refractivity contribution in [2.75, 3.05) is 23.0 Å². The van der Waals surface area contributed by atoms with Crippen LogP contribution in [0.15, 0.2) is 18.2 Å². The van der Waals surface area contributed by atoms with Crippen LogP contribution in [0.2, 0.25) is 0 Å². The standard InChI is InChI=1S/C12H12F2N2O4S/c13-11(14)8-5-7(16(19)20)1-2-9(8)15-3-4-21-6-10(15)12(17)18/h1-2,5,10-11H,3-4,6H2,(H,17,18). The van der Waals surface area contributed by atoms with Crippen molar-refractivity contribution in [1.29, 1.82) is 0 Å². The highest BCUT2D eigenvalue weighted by Crippen LogP contribution is 2.35. The molecule has 1 aromatic rings. The fraction of sp³-hybridized carbons (Fsp3) is 0.417. The second-order valence-corrected chi connectivity index (χ2v) is 5.57. The van der Waals surface area contributed by atoms with Crippen molar-refractivity contribution in [3.05, 3.63) is 33.9 Å². The minimum atomic E-state index is -2.91. The van der Waals surface area contributed by atoms with Crippen molar-refractivity contribution >= 4 is 29.1 Å². The molecular weight excluding hydrogens is 306 g/mol. The van der Waals surface area contributed by atoms with Gasteiger partial charge in [-0.25, -0.2) is 13.6 Å². The van der Waals surface area contributed by atoms with E-state index < -0.39 is 34.6 Å². The first kappa shape index (κ1) is 15.5. The number of nitro benzene ring substituents is 1. The smallest absolute Gasteiger partial charge is 0.327 e. The van der Waals surface area contributed by atoms with Crippen LogP contribution in [0.4, 0.5) is 20.2 Å². The molecule has 0 spiro atoms. The van der Waals surface area contributed by atoms with Gasteiger partial charge in [-0.05, 0) is 6.07 Å². The van der Waals surface area contributed by atoms with E-state index in [4.69, 9.17) is 0 Å². The van der Waals surface area contributed by atoms with Gasteiger partial charge in [0.1, 0.15) is 6.04 Å². The Morgan fingerprint density at radius 1 is 1.52 bits per heavy atom. The van der Waals surface area contributed by atoms with Crippen molar-refractivity contribution < 1.29 is 23.6 Å². The SMILES string of the molecule is O=C(O)C1CSCCN1c1ccc([N+](=O)[O-])cc1C(F)F. The zero-order valence-corrected chi connectivity index (χ0v) is 11.6. The summed E-state index contributed by atoms with van der Waals surface area (Å²) in [7, 11) is 0. The highest BCUT2D eigenvalue weighted by molar-refractivity contribution is 7.99. The molecule has 1 unspecified atom stereocenters. The molecule has 0 aliphatic carbocycles. The molecule has 1 aromatic carbocycles. The number of nitrogens with zero attached hydrogens (tertiary/aromatic N) is 2. The average molecular weight is 318 g/mol. The summed E-state index contributed by atoms with van der Waals surface area (Å²) in [5.41, 5.74) is -0.905.